The molecule has 6 heteroatoms. The number of nitrogens with one attached hydrogen (secondary N) is 2. The van der Waals surface area contributed by atoms with Crippen molar-refractivity contribution in [2.45, 2.75) is 13.8 Å². The quantitative estimate of drug-likeness (QED) is 0.482. The number of rotatable bonds is 1. The molecule has 0 saturated heterocycles. The van der Waals surface area contributed by atoms with Crippen LogP contribution in [0, 0.1) is 13.8 Å². The van der Waals surface area contributed by atoms with Crippen molar-refractivity contribution < 1.29 is 0 Å². The standard InChI is InChI=1S/C8H10N4OS/c1-3-4(2)14-7-5(3)6(13)10-8(11-7)12-9/h9H2,1-2H3,(H2,10,11,12,13). The molecule has 2 aromatic rings. The van der Waals surface area contributed by atoms with Gasteiger partial charge in [0, 0.05) is 4.88 Å². The van der Waals surface area contributed by atoms with Crippen molar-refractivity contribution >= 4 is 27.5 Å². The zero-order chi connectivity index (χ0) is 10.3. The summed E-state index contributed by atoms with van der Waals surface area (Å²) in [6.45, 7) is 3.89. The number of aromatic amines is 1. The molecule has 0 unspecified atom stereocenters. The number of nitrogen functional groups attached to an aromatic ring is 1. The predicted octanol–water partition coefficient (Wildman–Crippen LogP) is 0.887. The van der Waals surface area contributed by atoms with Crippen LogP contribution in [-0.2, 0) is 0 Å². The first-order valence-corrected chi connectivity index (χ1v) is 4.91. The second-order valence-corrected chi connectivity index (χ2v) is 4.23. The van der Waals surface area contributed by atoms with E-state index in [0.29, 0.717) is 11.3 Å². The van der Waals surface area contributed by atoms with Gasteiger partial charge in [-0.25, -0.2) is 10.8 Å². The van der Waals surface area contributed by atoms with E-state index >= 15 is 0 Å². The van der Waals surface area contributed by atoms with E-state index in [2.05, 4.69) is 15.4 Å². The Kier molecular flexibility index (Phi) is 2.01. The molecule has 0 amide bonds. The van der Waals surface area contributed by atoms with E-state index in [1.807, 2.05) is 13.8 Å². The van der Waals surface area contributed by atoms with Gasteiger partial charge in [-0.3, -0.25) is 15.2 Å². The van der Waals surface area contributed by atoms with Gasteiger partial charge in [0.15, 0.2) is 0 Å². The lowest BCUT2D eigenvalue weighted by molar-refractivity contribution is 1.12. The Balaban J connectivity index is 2.90. The van der Waals surface area contributed by atoms with Crippen molar-refractivity contribution in [3.8, 4) is 0 Å². The molecule has 0 aromatic carbocycles. The fourth-order valence-electron chi connectivity index (χ4n) is 1.32. The number of aromatic nitrogens is 2. The molecule has 5 nitrogen and oxygen atoms in total. The molecule has 2 heterocycles. The fourth-order valence-corrected chi connectivity index (χ4v) is 2.35. The Morgan fingerprint density at radius 3 is 2.86 bits per heavy atom. The van der Waals surface area contributed by atoms with Crippen LogP contribution in [0.3, 0.4) is 0 Å². The van der Waals surface area contributed by atoms with Crippen LogP contribution in [0.2, 0.25) is 0 Å². The highest BCUT2D eigenvalue weighted by Gasteiger charge is 2.10. The zero-order valence-electron chi connectivity index (χ0n) is 7.84. The molecule has 0 bridgehead atoms. The number of hydrogen-bond donors (Lipinski definition) is 3. The van der Waals surface area contributed by atoms with Gasteiger partial charge < -0.3 is 0 Å². The molecule has 0 saturated carbocycles. The summed E-state index contributed by atoms with van der Waals surface area (Å²) in [5.74, 6) is 5.47. The number of aryl methyl sites for hydroxylation is 2. The molecule has 2 rings (SSSR count). The van der Waals surface area contributed by atoms with Gasteiger partial charge in [-0.1, -0.05) is 0 Å². The van der Waals surface area contributed by atoms with E-state index < -0.39 is 0 Å². The summed E-state index contributed by atoms with van der Waals surface area (Å²) < 4.78 is 0. The predicted molar refractivity (Wildman–Crippen MR) is 57.5 cm³/mol. The van der Waals surface area contributed by atoms with E-state index in [1.165, 1.54) is 11.3 Å². The smallest absolute Gasteiger partial charge is 0.261 e. The van der Waals surface area contributed by atoms with Gasteiger partial charge in [-0.15, -0.1) is 11.3 Å². The Hall–Kier alpha value is -1.40. The average molecular weight is 210 g/mol. The summed E-state index contributed by atoms with van der Waals surface area (Å²) in [5, 5.41) is 0.659. The Morgan fingerprint density at radius 1 is 1.50 bits per heavy atom. The van der Waals surface area contributed by atoms with Crippen LogP contribution in [0.15, 0.2) is 4.79 Å². The Morgan fingerprint density at radius 2 is 2.21 bits per heavy atom. The first-order valence-electron chi connectivity index (χ1n) is 4.10. The number of hydrogen-bond acceptors (Lipinski definition) is 5. The SMILES string of the molecule is Cc1sc2nc(NN)[nH]c(=O)c2c1C. The minimum Gasteiger partial charge on any atom is -0.294 e. The van der Waals surface area contributed by atoms with Crippen molar-refractivity contribution in [2.75, 3.05) is 5.43 Å². The first kappa shape index (κ1) is 9.17. The largest absolute Gasteiger partial charge is 0.294 e. The summed E-state index contributed by atoms with van der Waals surface area (Å²) in [4.78, 5) is 20.2. The van der Waals surface area contributed by atoms with Gasteiger partial charge in [0.05, 0.1) is 5.39 Å². The lowest BCUT2D eigenvalue weighted by atomic mass is 10.2. The summed E-state index contributed by atoms with van der Waals surface area (Å²) >= 11 is 1.50. The molecule has 4 N–H and O–H groups in total. The van der Waals surface area contributed by atoms with Crippen molar-refractivity contribution in [1.29, 1.82) is 0 Å². The minimum atomic E-state index is -0.148. The average Bonchev–Trinajstić information content (AvgIpc) is 2.43. The fraction of sp³-hybridized carbons (Fsp3) is 0.250. The molecule has 0 aliphatic heterocycles. The third-order valence-electron chi connectivity index (χ3n) is 2.18. The maximum Gasteiger partial charge on any atom is 0.261 e. The molecular formula is C8H10N4OS. The zero-order valence-corrected chi connectivity index (χ0v) is 8.66. The summed E-state index contributed by atoms with van der Waals surface area (Å²) in [6, 6.07) is 0. The Bertz CT molecular complexity index is 542. The third kappa shape index (κ3) is 1.19. The molecule has 74 valence electrons. The maximum absolute atomic E-state index is 11.6. The highest BCUT2D eigenvalue weighted by atomic mass is 32.1. The molecule has 0 aliphatic rings. The van der Waals surface area contributed by atoms with Crippen LogP contribution < -0.4 is 16.8 Å². The van der Waals surface area contributed by atoms with Gasteiger partial charge in [-0.05, 0) is 19.4 Å². The van der Waals surface area contributed by atoms with Gasteiger partial charge in [0.2, 0.25) is 5.95 Å². The van der Waals surface area contributed by atoms with Crippen LogP contribution in [-0.4, -0.2) is 9.97 Å². The first-order chi connectivity index (χ1) is 6.63. The number of nitrogens with zero attached hydrogens (tertiary/aromatic N) is 1. The monoisotopic (exact) mass is 210 g/mol. The third-order valence-corrected chi connectivity index (χ3v) is 3.28. The van der Waals surface area contributed by atoms with Gasteiger partial charge in [0.25, 0.3) is 5.56 Å². The Labute approximate surface area is 83.9 Å². The molecule has 0 radical (unpaired) electrons. The lowest BCUT2D eigenvalue weighted by Crippen LogP contribution is -2.16. The van der Waals surface area contributed by atoms with Crippen molar-refractivity contribution in [3.63, 3.8) is 0 Å². The summed E-state index contributed by atoms with van der Waals surface area (Å²) in [5.41, 5.74) is 3.17. The van der Waals surface area contributed by atoms with Crippen LogP contribution >= 0.6 is 11.3 Å². The summed E-state index contributed by atoms with van der Waals surface area (Å²) in [6.07, 6.45) is 0. The highest BCUT2D eigenvalue weighted by Crippen LogP contribution is 2.25. The van der Waals surface area contributed by atoms with E-state index in [4.69, 9.17) is 5.84 Å². The molecule has 0 fully saturated rings. The van der Waals surface area contributed by atoms with E-state index in [9.17, 15) is 4.79 Å². The maximum atomic E-state index is 11.6. The summed E-state index contributed by atoms with van der Waals surface area (Å²) in [7, 11) is 0. The second-order valence-electron chi connectivity index (χ2n) is 3.02. The number of nitrogens with two attached hydrogens (primary N) is 1. The van der Waals surface area contributed by atoms with Gasteiger partial charge in [0.1, 0.15) is 4.83 Å². The van der Waals surface area contributed by atoms with E-state index in [-0.39, 0.29) is 5.56 Å². The number of fused-ring (bicyclic) bond motifs is 1. The van der Waals surface area contributed by atoms with Crippen LogP contribution in [0.4, 0.5) is 5.95 Å². The lowest BCUT2D eigenvalue weighted by Gasteiger charge is -1.97. The number of hydrazine groups is 1. The molecule has 2 aromatic heterocycles. The van der Waals surface area contributed by atoms with Crippen molar-refractivity contribution in [1.82, 2.24) is 9.97 Å². The van der Waals surface area contributed by atoms with Crippen molar-refractivity contribution in [2.24, 2.45) is 5.84 Å². The molecule has 14 heavy (non-hydrogen) atoms. The minimum absolute atomic E-state index is 0.148. The van der Waals surface area contributed by atoms with Crippen LogP contribution in [0.25, 0.3) is 10.2 Å². The normalized spacial score (nSPS) is 10.8. The number of H-pyrrole nitrogens is 1. The molecule has 0 aliphatic carbocycles. The second kappa shape index (κ2) is 3.07. The number of anilines is 1. The highest BCUT2D eigenvalue weighted by molar-refractivity contribution is 7.18. The number of thiophene rings is 1. The van der Waals surface area contributed by atoms with Crippen LogP contribution in [0.1, 0.15) is 10.4 Å². The van der Waals surface area contributed by atoms with E-state index in [0.717, 1.165) is 15.3 Å². The van der Waals surface area contributed by atoms with E-state index in [1.54, 1.807) is 0 Å². The van der Waals surface area contributed by atoms with Crippen molar-refractivity contribution in [3.05, 3.63) is 20.8 Å². The van der Waals surface area contributed by atoms with Crippen LogP contribution in [0.5, 0.6) is 0 Å². The molecule has 0 atom stereocenters. The topological polar surface area (TPSA) is 83.8 Å². The van der Waals surface area contributed by atoms with Gasteiger partial charge >= 0.3 is 0 Å². The molecule has 0 spiro atoms. The molecular weight excluding hydrogens is 200 g/mol. The van der Waals surface area contributed by atoms with Gasteiger partial charge in [-0.2, -0.15) is 0 Å².